The van der Waals surface area contributed by atoms with E-state index in [9.17, 15) is 0 Å². The van der Waals surface area contributed by atoms with Gasteiger partial charge in [-0.15, -0.1) is 11.8 Å². The smallest absolute Gasteiger partial charge is 0.103 e. The maximum absolute atomic E-state index is 8.99. The Morgan fingerprint density at radius 3 is 2.27 bits per heavy atom. The summed E-state index contributed by atoms with van der Waals surface area (Å²) in [6.45, 7) is 4.34. The van der Waals surface area contributed by atoms with Crippen LogP contribution < -0.4 is 0 Å². The lowest BCUT2D eigenvalue weighted by molar-refractivity contribution is 0.754. The van der Waals surface area contributed by atoms with Gasteiger partial charge in [-0.25, -0.2) is 0 Å². The molecule has 11 heavy (non-hydrogen) atoms. The Bertz CT molecular complexity index is 163. The summed E-state index contributed by atoms with van der Waals surface area (Å²) in [5.74, 6) is 0. The van der Waals surface area contributed by atoms with Crippen LogP contribution in [0.25, 0.3) is 0 Å². The fraction of sp³-hybridized carbons (Fsp3) is 0.889. The summed E-state index contributed by atoms with van der Waals surface area (Å²) in [6, 6.07) is 2.47. The lowest BCUT2D eigenvalue weighted by Gasteiger charge is -2.21. The second kappa shape index (κ2) is 3.49. The molecule has 0 aromatic heterocycles. The van der Waals surface area contributed by atoms with E-state index in [1.807, 2.05) is 11.8 Å². The van der Waals surface area contributed by atoms with Crippen LogP contribution in [0.3, 0.4) is 0 Å². The molecule has 1 aliphatic carbocycles. The summed E-state index contributed by atoms with van der Waals surface area (Å²) in [5, 5.41) is 9.59. The van der Waals surface area contributed by atoms with E-state index >= 15 is 0 Å². The van der Waals surface area contributed by atoms with Crippen molar-refractivity contribution in [2.75, 3.05) is 0 Å². The molecule has 0 spiro atoms. The highest BCUT2D eigenvalue weighted by molar-refractivity contribution is 8.01. The average molecular weight is 169 g/mol. The van der Waals surface area contributed by atoms with E-state index in [0.717, 1.165) is 12.8 Å². The first-order valence-electron chi connectivity index (χ1n) is 4.28. The number of hydrogen-bond donors (Lipinski definition) is 0. The van der Waals surface area contributed by atoms with Gasteiger partial charge < -0.3 is 0 Å². The predicted molar refractivity (Wildman–Crippen MR) is 49.5 cm³/mol. The molecule has 0 heterocycles. The Hall–Kier alpha value is -0.160. The molecule has 0 amide bonds. The Morgan fingerprint density at radius 1 is 1.36 bits per heavy atom. The van der Waals surface area contributed by atoms with Gasteiger partial charge in [-0.1, -0.05) is 26.7 Å². The summed E-state index contributed by atoms with van der Waals surface area (Å²) in [7, 11) is 0. The van der Waals surface area contributed by atoms with E-state index < -0.39 is 0 Å². The molecule has 0 unspecified atom stereocenters. The molecule has 0 aliphatic heterocycles. The van der Waals surface area contributed by atoms with E-state index in [1.165, 1.54) is 12.8 Å². The van der Waals surface area contributed by atoms with Crippen LogP contribution in [-0.2, 0) is 0 Å². The second-order valence-electron chi connectivity index (χ2n) is 3.48. The highest BCUT2D eigenvalue weighted by Crippen LogP contribution is 2.42. The molecular weight excluding hydrogens is 154 g/mol. The second-order valence-corrected chi connectivity index (χ2v) is 5.44. The van der Waals surface area contributed by atoms with Crippen LogP contribution in [0.4, 0.5) is 0 Å². The zero-order valence-corrected chi connectivity index (χ0v) is 8.08. The molecule has 1 rings (SSSR count). The lowest BCUT2D eigenvalue weighted by Crippen LogP contribution is -2.19. The topological polar surface area (TPSA) is 23.8 Å². The van der Waals surface area contributed by atoms with Crippen molar-refractivity contribution in [2.45, 2.75) is 49.5 Å². The van der Waals surface area contributed by atoms with Gasteiger partial charge in [0.1, 0.15) is 4.75 Å². The van der Waals surface area contributed by atoms with Gasteiger partial charge in [0.15, 0.2) is 0 Å². The molecule has 1 saturated carbocycles. The van der Waals surface area contributed by atoms with Crippen molar-refractivity contribution >= 4 is 11.8 Å². The van der Waals surface area contributed by atoms with Crippen molar-refractivity contribution in [1.29, 1.82) is 5.26 Å². The van der Waals surface area contributed by atoms with Gasteiger partial charge >= 0.3 is 0 Å². The van der Waals surface area contributed by atoms with Crippen molar-refractivity contribution in [2.24, 2.45) is 0 Å². The third-order valence-electron chi connectivity index (χ3n) is 2.08. The molecule has 62 valence electrons. The number of thioether (sulfide) groups is 1. The Balaban J connectivity index is 2.54. The molecule has 0 saturated heterocycles. The van der Waals surface area contributed by atoms with Crippen LogP contribution in [0.1, 0.15) is 39.5 Å². The fourth-order valence-corrected chi connectivity index (χ4v) is 3.13. The molecule has 2 heteroatoms. The molecule has 0 aromatic carbocycles. The van der Waals surface area contributed by atoms with Crippen molar-refractivity contribution in [3.05, 3.63) is 0 Å². The Morgan fingerprint density at radius 2 is 1.91 bits per heavy atom. The highest BCUT2D eigenvalue weighted by Gasteiger charge is 2.34. The fourth-order valence-electron chi connectivity index (χ4n) is 1.65. The third kappa shape index (κ3) is 2.13. The minimum Gasteiger partial charge on any atom is -0.197 e. The van der Waals surface area contributed by atoms with Gasteiger partial charge in [-0.05, 0) is 12.8 Å². The number of nitrogens with zero attached hydrogens (tertiary/aromatic N) is 1. The Labute approximate surface area is 73.2 Å². The summed E-state index contributed by atoms with van der Waals surface area (Å²) in [4.78, 5) is 0. The van der Waals surface area contributed by atoms with Crippen molar-refractivity contribution in [1.82, 2.24) is 0 Å². The minimum absolute atomic E-state index is 0.0197. The van der Waals surface area contributed by atoms with Crippen molar-refractivity contribution < 1.29 is 0 Å². The van der Waals surface area contributed by atoms with Crippen LogP contribution in [-0.4, -0.2) is 10.00 Å². The first-order chi connectivity index (χ1) is 5.18. The van der Waals surface area contributed by atoms with Gasteiger partial charge in [-0.3, -0.25) is 0 Å². The molecule has 0 aromatic rings. The van der Waals surface area contributed by atoms with E-state index in [-0.39, 0.29) is 4.75 Å². The molecule has 0 N–H and O–H groups in total. The van der Waals surface area contributed by atoms with Crippen LogP contribution in [0.5, 0.6) is 0 Å². The van der Waals surface area contributed by atoms with E-state index in [0.29, 0.717) is 5.25 Å². The first kappa shape index (κ1) is 8.93. The van der Waals surface area contributed by atoms with E-state index in [4.69, 9.17) is 5.26 Å². The summed E-state index contributed by atoms with van der Waals surface area (Å²) >= 11 is 1.85. The molecular formula is C9H15NS. The molecule has 1 nitrogen and oxygen atoms in total. The van der Waals surface area contributed by atoms with Gasteiger partial charge in [0, 0.05) is 5.25 Å². The maximum atomic E-state index is 8.99. The van der Waals surface area contributed by atoms with Gasteiger partial charge in [-0.2, -0.15) is 5.26 Å². The van der Waals surface area contributed by atoms with Crippen LogP contribution in [0.2, 0.25) is 0 Å². The lowest BCUT2D eigenvalue weighted by atomic mass is 10.1. The number of nitriles is 1. The van der Waals surface area contributed by atoms with Crippen molar-refractivity contribution in [3.63, 3.8) is 0 Å². The van der Waals surface area contributed by atoms with Crippen molar-refractivity contribution in [3.8, 4) is 6.07 Å². The summed E-state index contributed by atoms with van der Waals surface area (Å²) < 4.78 is -0.0197. The quantitative estimate of drug-likeness (QED) is 0.634. The normalized spacial score (nSPS) is 22.0. The highest BCUT2D eigenvalue weighted by atomic mass is 32.2. The average Bonchev–Trinajstić information content (AvgIpc) is 2.36. The van der Waals surface area contributed by atoms with E-state index in [2.05, 4.69) is 19.9 Å². The molecule has 0 bridgehead atoms. The monoisotopic (exact) mass is 169 g/mol. The molecule has 1 aliphatic rings. The van der Waals surface area contributed by atoms with Crippen LogP contribution in [0.15, 0.2) is 0 Å². The standard InChI is InChI=1S/C9H15NS/c1-8(2)11-9(7-10)5-3-4-6-9/h8H,3-6H2,1-2H3. The Kier molecular flexibility index (Phi) is 2.84. The molecule has 0 atom stereocenters. The zero-order valence-electron chi connectivity index (χ0n) is 7.26. The number of rotatable bonds is 2. The SMILES string of the molecule is CC(C)SC1(C#N)CCCC1. The minimum atomic E-state index is -0.0197. The third-order valence-corrected chi connectivity index (χ3v) is 3.50. The number of hydrogen-bond acceptors (Lipinski definition) is 2. The molecule has 1 fully saturated rings. The van der Waals surface area contributed by atoms with Gasteiger partial charge in [0.05, 0.1) is 6.07 Å². The summed E-state index contributed by atoms with van der Waals surface area (Å²) in [5.41, 5.74) is 0. The van der Waals surface area contributed by atoms with E-state index in [1.54, 1.807) is 0 Å². The van der Waals surface area contributed by atoms with Crippen LogP contribution >= 0.6 is 11.8 Å². The predicted octanol–water partition coefficient (Wildman–Crippen LogP) is 2.96. The van der Waals surface area contributed by atoms with Crippen LogP contribution in [0, 0.1) is 11.3 Å². The zero-order chi connectivity index (χ0) is 8.32. The molecule has 0 radical (unpaired) electrons. The first-order valence-corrected chi connectivity index (χ1v) is 5.15. The van der Waals surface area contributed by atoms with Gasteiger partial charge in [0.2, 0.25) is 0 Å². The largest absolute Gasteiger partial charge is 0.197 e. The summed E-state index contributed by atoms with van der Waals surface area (Å²) in [6.07, 6.45) is 4.69. The van der Waals surface area contributed by atoms with Gasteiger partial charge in [0.25, 0.3) is 0 Å². The maximum Gasteiger partial charge on any atom is 0.103 e.